The third-order valence-corrected chi connectivity index (χ3v) is 14.0. The zero-order chi connectivity index (χ0) is 77.3. The van der Waals surface area contributed by atoms with Crippen molar-refractivity contribution in [2.24, 2.45) is 5.84 Å². The fourth-order valence-corrected chi connectivity index (χ4v) is 8.61. The molecule has 0 saturated carbocycles. The second kappa shape index (κ2) is 65.8. The number of ether oxygens (including phenoxy) is 10. The summed E-state index contributed by atoms with van der Waals surface area (Å²) in [6.45, 7) is 18.3. The molecule has 8 N–H and O–H groups in total. The van der Waals surface area contributed by atoms with E-state index < -0.39 is 0 Å². The summed E-state index contributed by atoms with van der Waals surface area (Å²) in [7, 11) is 11.3. The van der Waals surface area contributed by atoms with E-state index in [9.17, 15) is 4.79 Å². The molecule has 0 aliphatic heterocycles. The number of nitrogens with zero attached hydrogens (tertiary/aromatic N) is 5. The van der Waals surface area contributed by atoms with Crippen molar-refractivity contribution in [1.82, 2.24) is 20.6 Å². The first kappa shape index (κ1) is 106. The van der Waals surface area contributed by atoms with E-state index in [-0.39, 0.29) is 69.5 Å². The SMILES string of the molecule is C.C.C.CCOC(=N)c1cccc(OC)c1.CCOC(=N)c1cccc(OC)c1.CCOC(=[NH2+])c1cccc(OC)c1.CCc1ccccc1C.CCc1ccccc1C(=O)NN.COc1cccc(-c2ncn[nH]2)c1.COc1cccc(Br)c1.COc1cccc(C#N)c1.COc1cccc(C#N)c1.[C-]#N.[Cl-].[Cu+]. The predicted octanol–water partition coefficient (Wildman–Crippen LogP) is 13.8. The van der Waals surface area contributed by atoms with Crippen LogP contribution in [0.3, 0.4) is 0 Å². The molecule has 588 valence electrons. The molecule has 0 atom stereocenters. The first-order chi connectivity index (χ1) is 50.4. The molecule has 10 rings (SSSR count). The summed E-state index contributed by atoms with van der Waals surface area (Å²) in [6.07, 6.45) is 3.46. The van der Waals surface area contributed by atoms with Gasteiger partial charge < -0.3 is 71.6 Å². The van der Waals surface area contributed by atoms with Gasteiger partial charge in [0, 0.05) is 26.7 Å². The zero-order valence-corrected chi connectivity index (χ0v) is 65.1. The van der Waals surface area contributed by atoms with Crippen LogP contribution in [-0.2, 0) is 44.1 Å². The number of aromatic nitrogens is 3. The van der Waals surface area contributed by atoms with Gasteiger partial charge in [0.05, 0.1) is 98.4 Å². The van der Waals surface area contributed by atoms with Crippen LogP contribution in [-0.4, -0.2) is 108 Å². The molecule has 0 unspecified atom stereocenters. The number of hydrogen-bond acceptors (Lipinski definition) is 19. The normalized spacial score (nSPS) is 8.69. The van der Waals surface area contributed by atoms with Crippen LogP contribution in [0.1, 0.15) is 112 Å². The minimum Gasteiger partial charge on any atom is -1.00 e. The van der Waals surface area contributed by atoms with Gasteiger partial charge in [0.2, 0.25) is 11.8 Å². The number of benzene rings is 9. The van der Waals surface area contributed by atoms with Crippen LogP contribution in [0.5, 0.6) is 40.2 Å². The molecule has 1 amide bonds. The largest absolute Gasteiger partial charge is 1.00 e. The van der Waals surface area contributed by atoms with E-state index in [2.05, 4.69) is 74.7 Å². The van der Waals surface area contributed by atoms with Gasteiger partial charge in [-0.05, 0) is 185 Å². The Morgan fingerprint density at radius 3 is 1.22 bits per heavy atom. The Bertz CT molecular complexity index is 4010. The standard InChI is InChI=1S/3C10H13NO2.C9H9N3O.C9H12N2O.C9H12.2C8H7NO.C7H7BrO.CN.3CH4.ClH.Cu/c3*1-3-13-10(11)8-5-4-6-9(7-8)12-2;1-13-8-4-2-3-7(5-8)9-10-6-11-12-9;1-2-7-5-3-4-6-8(7)9(12)11-10;1-3-9-7-5-4-6-8(9)2;2*1-10-8-4-2-3-7(5-8)6-9;1-9-7-4-2-3-6(8)5-7;1-2;;;;;/h3*4-7,11H,3H2,1-2H3;2-6H,1H3,(H,10,11,12);3-6H,2,10H2,1H3,(H,11,12);4-7H,3H2,1-2H3;2*2-5H,1H3;2-5H,1H3;;3*1H4;1H;/q;;;;;;;;;-1;;;;;+1. The summed E-state index contributed by atoms with van der Waals surface area (Å²) < 4.78 is 51.3. The van der Waals surface area contributed by atoms with Gasteiger partial charge in [0.1, 0.15) is 46.6 Å². The number of nitriles is 2. The van der Waals surface area contributed by atoms with Crippen molar-refractivity contribution in [2.45, 2.75) is 76.7 Å². The summed E-state index contributed by atoms with van der Waals surface area (Å²) in [5.41, 5.74) is 11.2. The number of halogens is 2. The molecular weight excluding hydrogens is 1520 g/mol. The predicted molar refractivity (Wildman–Crippen MR) is 431 cm³/mol. The van der Waals surface area contributed by atoms with Crippen molar-refractivity contribution < 1.29 is 87.0 Å². The van der Waals surface area contributed by atoms with Crippen LogP contribution in [0, 0.1) is 52.2 Å². The van der Waals surface area contributed by atoms with Crippen LogP contribution in [0.15, 0.2) is 229 Å². The molecule has 0 saturated heterocycles. The van der Waals surface area contributed by atoms with E-state index in [1.54, 1.807) is 116 Å². The van der Waals surface area contributed by atoms with E-state index in [0.717, 1.165) is 91.2 Å². The molecule has 9 aromatic carbocycles. The Morgan fingerprint density at radius 1 is 0.505 bits per heavy atom. The summed E-state index contributed by atoms with van der Waals surface area (Å²) in [5.74, 6) is 11.7. The molecule has 109 heavy (non-hydrogen) atoms. The van der Waals surface area contributed by atoms with Crippen LogP contribution in [0.2, 0.25) is 0 Å². The van der Waals surface area contributed by atoms with Gasteiger partial charge in [0.25, 0.3) is 5.91 Å². The van der Waals surface area contributed by atoms with Crippen molar-refractivity contribution >= 4 is 39.5 Å². The van der Waals surface area contributed by atoms with E-state index in [0.29, 0.717) is 42.4 Å². The molecule has 10 aromatic rings. The summed E-state index contributed by atoms with van der Waals surface area (Å²) >= 11 is 3.32. The van der Waals surface area contributed by atoms with E-state index in [1.807, 2.05) is 167 Å². The van der Waals surface area contributed by atoms with Crippen LogP contribution >= 0.6 is 15.9 Å². The van der Waals surface area contributed by atoms with E-state index in [4.69, 9.17) is 91.8 Å². The number of carbonyl (C=O) groups excluding carboxylic acids is 1. The number of H-pyrrole nitrogens is 1. The number of hydrogen-bond donors (Lipinski definition) is 6. The zero-order valence-electron chi connectivity index (χ0n) is 61.8. The number of nitrogen functional groups attached to an aromatic ring is 1. The van der Waals surface area contributed by atoms with Gasteiger partial charge in [-0.15, -0.1) is 0 Å². The molecule has 0 spiro atoms. The van der Waals surface area contributed by atoms with Crippen molar-refractivity contribution in [3.63, 3.8) is 0 Å². The Morgan fingerprint density at radius 2 is 0.862 bits per heavy atom. The average molecular weight is 1620 g/mol. The molecular formula is C84H106BrClCuN11O11. The molecule has 1 heterocycles. The maximum absolute atomic E-state index is 11.2. The molecule has 0 bridgehead atoms. The molecule has 0 aliphatic carbocycles. The maximum Gasteiger partial charge on any atom is 1.00 e. The van der Waals surface area contributed by atoms with Crippen LogP contribution < -0.4 is 62.2 Å². The van der Waals surface area contributed by atoms with Crippen molar-refractivity contribution in [1.29, 1.82) is 26.6 Å². The van der Waals surface area contributed by atoms with E-state index >= 15 is 0 Å². The number of nitrogens with two attached hydrogens (primary N) is 2. The molecule has 25 heteroatoms. The third-order valence-electron chi connectivity index (χ3n) is 13.5. The Hall–Kier alpha value is -11.7. The smallest absolute Gasteiger partial charge is 1.00 e. The first-order valence-electron chi connectivity index (χ1n) is 32.3. The quantitative estimate of drug-likeness (QED) is 0.00938. The minimum absolute atomic E-state index is 0. The second-order valence-electron chi connectivity index (χ2n) is 20.2. The van der Waals surface area contributed by atoms with Crippen molar-refractivity contribution in [3.05, 3.63) is 286 Å². The molecule has 1 aromatic heterocycles. The number of nitrogens with one attached hydrogen (secondary N) is 4. The van der Waals surface area contributed by atoms with Crippen molar-refractivity contribution in [2.75, 3.05) is 69.6 Å². The number of methoxy groups -OCH3 is 7. The molecule has 22 nitrogen and oxygen atoms in total. The number of aromatic amines is 1. The topological polar surface area (TPSA) is 334 Å². The molecule has 0 aliphatic rings. The van der Waals surface area contributed by atoms with Crippen LogP contribution in [0.25, 0.3) is 11.4 Å². The average Bonchev–Trinajstić information content (AvgIpc) is 1.76. The third kappa shape index (κ3) is 43.5. The summed E-state index contributed by atoms with van der Waals surface area (Å²) in [6, 6.07) is 71.4. The Balaban J connectivity index is -0.000000370. The number of amides is 1. The Kier molecular flexibility index (Phi) is 64.0. The maximum atomic E-state index is 11.2. The van der Waals surface area contributed by atoms with E-state index in [1.165, 1.54) is 17.5 Å². The minimum atomic E-state index is -0.229. The van der Waals surface area contributed by atoms with Gasteiger partial charge in [-0.25, -0.2) is 16.2 Å². The molecule has 0 radical (unpaired) electrons. The summed E-state index contributed by atoms with van der Waals surface area (Å²) in [4.78, 5) is 15.2. The first-order valence-corrected chi connectivity index (χ1v) is 33.1. The van der Waals surface area contributed by atoms with Gasteiger partial charge in [0.15, 0.2) is 5.82 Å². The monoisotopic (exact) mass is 1620 g/mol. The van der Waals surface area contributed by atoms with Gasteiger partial charge >= 0.3 is 23.0 Å². The van der Waals surface area contributed by atoms with Crippen LogP contribution in [0.4, 0.5) is 0 Å². The number of hydrazine groups is 1. The van der Waals surface area contributed by atoms with Crippen molar-refractivity contribution in [3.8, 4) is 63.8 Å². The van der Waals surface area contributed by atoms with Gasteiger partial charge in [-0.1, -0.05) is 143 Å². The second-order valence-corrected chi connectivity index (χ2v) is 21.1. The number of aryl methyl sites for hydroxylation is 3. The fourth-order valence-electron chi connectivity index (χ4n) is 8.23. The Labute approximate surface area is 671 Å². The fraction of sp³-hybridized carbons (Fsp3) is 0.250. The van der Waals surface area contributed by atoms with Gasteiger partial charge in [-0.3, -0.25) is 26.1 Å². The van der Waals surface area contributed by atoms with Gasteiger partial charge in [-0.2, -0.15) is 15.6 Å². The number of rotatable bonds is 17. The molecule has 0 fully saturated rings. The number of carbonyl (C=O) groups is 1. The summed E-state index contributed by atoms with van der Waals surface area (Å²) in [5, 5.41) is 50.4.